The highest BCUT2D eigenvalue weighted by Crippen LogP contribution is 2.32. The fraction of sp³-hybridized carbons (Fsp3) is 0.375. The van der Waals surface area contributed by atoms with Crippen molar-refractivity contribution in [2.45, 2.75) is 46.6 Å². The van der Waals surface area contributed by atoms with Crippen LogP contribution >= 0.6 is 0 Å². The van der Waals surface area contributed by atoms with E-state index in [1.54, 1.807) is 7.11 Å². The van der Waals surface area contributed by atoms with Crippen molar-refractivity contribution < 1.29 is 4.74 Å². The van der Waals surface area contributed by atoms with Gasteiger partial charge >= 0.3 is 0 Å². The second kappa shape index (κ2) is 7.70. The molecule has 1 aromatic carbocycles. The summed E-state index contributed by atoms with van der Waals surface area (Å²) in [5.74, 6) is 1.86. The van der Waals surface area contributed by atoms with E-state index in [0.29, 0.717) is 0 Å². The van der Waals surface area contributed by atoms with Crippen LogP contribution in [0.3, 0.4) is 0 Å². The van der Waals surface area contributed by atoms with Crippen molar-refractivity contribution in [1.29, 1.82) is 0 Å². The molecule has 1 N–H and O–H groups in total. The summed E-state index contributed by atoms with van der Waals surface area (Å²) in [6.07, 6.45) is 7.21. The van der Waals surface area contributed by atoms with Crippen molar-refractivity contribution in [2.75, 3.05) is 12.4 Å². The Bertz CT molecular complexity index is 977. The average Bonchev–Trinajstić information content (AvgIpc) is 2.95. The first-order chi connectivity index (χ1) is 13.2. The largest absolute Gasteiger partial charge is 0.496 e. The number of aromatic nitrogens is 2. The minimum atomic E-state index is -0.0723. The molecule has 0 unspecified atom stereocenters. The lowest BCUT2D eigenvalue weighted by Gasteiger charge is -2.34. The maximum Gasteiger partial charge on any atom is 0.139 e. The van der Waals surface area contributed by atoms with E-state index in [4.69, 9.17) is 9.72 Å². The third kappa shape index (κ3) is 4.75. The minimum absolute atomic E-state index is 0.0723. The Labute approximate surface area is 168 Å². The van der Waals surface area contributed by atoms with Crippen LogP contribution in [0.2, 0.25) is 0 Å². The van der Waals surface area contributed by atoms with Gasteiger partial charge in [-0.3, -0.25) is 4.40 Å². The van der Waals surface area contributed by atoms with E-state index in [2.05, 4.69) is 62.7 Å². The molecular formula is C24H31N3O. The molecule has 0 aliphatic heterocycles. The van der Waals surface area contributed by atoms with Crippen molar-refractivity contribution in [2.24, 2.45) is 5.41 Å². The van der Waals surface area contributed by atoms with E-state index in [1.807, 2.05) is 42.5 Å². The SMILES string of the molecule is COc1ccccc1/C=C/c1nc2ccccn2c1NC(C)(C)CC(C)(C)C. The number of anilines is 1. The number of fused-ring (bicyclic) bond motifs is 1. The second-order valence-corrected chi connectivity index (χ2v) is 9.10. The van der Waals surface area contributed by atoms with Gasteiger partial charge in [-0.2, -0.15) is 0 Å². The van der Waals surface area contributed by atoms with E-state index in [0.717, 1.165) is 34.9 Å². The van der Waals surface area contributed by atoms with E-state index in [-0.39, 0.29) is 11.0 Å². The van der Waals surface area contributed by atoms with E-state index >= 15 is 0 Å². The van der Waals surface area contributed by atoms with E-state index in [1.165, 1.54) is 0 Å². The van der Waals surface area contributed by atoms with Crippen LogP contribution in [-0.2, 0) is 0 Å². The Morgan fingerprint density at radius 1 is 1.00 bits per heavy atom. The van der Waals surface area contributed by atoms with E-state index in [9.17, 15) is 0 Å². The van der Waals surface area contributed by atoms with E-state index < -0.39 is 0 Å². The quantitative estimate of drug-likeness (QED) is 0.561. The van der Waals surface area contributed by atoms with Crippen molar-refractivity contribution >= 4 is 23.6 Å². The molecule has 0 spiro atoms. The molecular weight excluding hydrogens is 346 g/mol. The van der Waals surface area contributed by atoms with Crippen LogP contribution in [0.25, 0.3) is 17.8 Å². The van der Waals surface area contributed by atoms with Gasteiger partial charge in [-0.1, -0.05) is 45.0 Å². The van der Waals surface area contributed by atoms with Crippen LogP contribution in [0.4, 0.5) is 5.82 Å². The molecule has 0 aliphatic rings. The zero-order valence-corrected chi connectivity index (χ0v) is 17.8. The first-order valence-electron chi connectivity index (χ1n) is 9.75. The summed E-state index contributed by atoms with van der Waals surface area (Å²) in [6.45, 7) is 11.3. The summed E-state index contributed by atoms with van der Waals surface area (Å²) < 4.78 is 7.58. The van der Waals surface area contributed by atoms with Gasteiger partial charge in [-0.05, 0) is 56.0 Å². The lowest BCUT2D eigenvalue weighted by Crippen LogP contribution is -2.36. The van der Waals surface area contributed by atoms with Crippen LogP contribution in [-0.4, -0.2) is 22.0 Å². The second-order valence-electron chi connectivity index (χ2n) is 9.10. The summed E-state index contributed by atoms with van der Waals surface area (Å²) in [5.41, 5.74) is 3.03. The van der Waals surface area contributed by atoms with Gasteiger partial charge in [-0.25, -0.2) is 4.98 Å². The molecule has 0 saturated heterocycles. The molecule has 148 valence electrons. The molecule has 4 heteroatoms. The number of hydrogen-bond acceptors (Lipinski definition) is 3. The summed E-state index contributed by atoms with van der Waals surface area (Å²) in [7, 11) is 1.69. The number of nitrogens with one attached hydrogen (secondary N) is 1. The van der Waals surface area contributed by atoms with Crippen LogP contribution in [0.15, 0.2) is 48.7 Å². The third-order valence-corrected chi connectivity index (χ3v) is 4.55. The summed E-state index contributed by atoms with van der Waals surface area (Å²) in [6, 6.07) is 14.1. The molecule has 4 nitrogen and oxygen atoms in total. The van der Waals surface area contributed by atoms with Gasteiger partial charge in [-0.15, -0.1) is 0 Å². The Morgan fingerprint density at radius 2 is 1.71 bits per heavy atom. The number of hydrogen-bond donors (Lipinski definition) is 1. The average molecular weight is 378 g/mol. The molecule has 2 aromatic heterocycles. The van der Waals surface area contributed by atoms with Gasteiger partial charge in [0.1, 0.15) is 22.9 Å². The molecule has 3 aromatic rings. The normalized spacial score (nSPS) is 12.6. The molecule has 0 radical (unpaired) electrons. The number of methoxy groups -OCH3 is 1. The Kier molecular flexibility index (Phi) is 5.50. The summed E-state index contributed by atoms with van der Waals surface area (Å²) in [4.78, 5) is 4.84. The molecule has 0 bridgehead atoms. The first-order valence-corrected chi connectivity index (χ1v) is 9.75. The van der Waals surface area contributed by atoms with Gasteiger partial charge in [0.25, 0.3) is 0 Å². The highest BCUT2D eigenvalue weighted by atomic mass is 16.5. The molecule has 3 rings (SSSR count). The number of para-hydroxylation sites is 1. The Balaban J connectivity index is 2.01. The maximum atomic E-state index is 5.47. The van der Waals surface area contributed by atoms with Gasteiger partial charge in [0.05, 0.1) is 7.11 Å². The van der Waals surface area contributed by atoms with Crippen LogP contribution in [0, 0.1) is 5.41 Å². The standard InChI is InChI=1S/C24H31N3O/c1-23(2,3)17-24(4,5)26-22-19(25-21-13-9-10-16-27(21)22)15-14-18-11-7-8-12-20(18)28-6/h7-16,26H,17H2,1-6H3/b15-14+. The Morgan fingerprint density at radius 3 is 2.43 bits per heavy atom. The molecule has 0 aliphatic carbocycles. The number of imidazole rings is 1. The van der Waals surface area contributed by atoms with Gasteiger partial charge in [0.2, 0.25) is 0 Å². The molecule has 28 heavy (non-hydrogen) atoms. The molecule has 0 amide bonds. The molecule has 2 heterocycles. The number of ether oxygens (including phenoxy) is 1. The highest BCUT2D eigenvalue weighted by molar-refractivity contribution is 5.77. The van der Waals surface area contributed by atoms with Crippen molar-refractivity contribution in [3.05, 3.63) is 59.9 Å². The number of nitrogens with zero attached hydrogens (tertiary/aromatic N) is 2. The number of pyridine rings is 1. The Hall–Kier alpha value is -2.75. The lowest BCUT2D eigenvalue weighted by molar-refractivity contribution is 0.302. The van der Waals surface area contributed by atoms with Crippen molar-refractivity contribution in [3.63, 3.8) is 0 Å². The zero-order valence-electron chi connectivity index (χ0n) is 17.8. The van der Waals surface area contributed by atoms with Crippen LogP contribution in [0.1, 0.15) is 52.3 Å². The van der Waals surface area contributed by atoms with Crippen molar-refractivity contribution in [3.8, 4) is 5.75 Å². The third-order valence-electron chi connectivity index (χ3n) is 4.55. The first kappa shape index (κ1) is 20.0. The predicted molar refractivity (Wildman–Crippen MR) is 119 cm³/mol. The monoisotopic (exact) mass is 377 g/mol. The summed E-state index contributed by atoms with van der Waals surface area (Å²) in [5, 5.41) is 3.75. The smallest absolute Gasteiger partial charge is 0.139 e. The van der Waals surface area contributed by atoms with Crippen molar-refractivity contribution in [1.82, 2.24) is 9.38 Å². The fourth-order valence-electron chi connectivity index (χ4n) is 3.92. The minimum Gasteiger partial charge on any atom is -0.496 e. The van der Waals surface area contributed by atoms with Crippen LogP contribution in [0.5, 0.6) is 5.75 Å². The number of benzene rings is 1. The van der Waals surface area contributed by atoms with Crippen LogP contribution < -0.4 is 10.1 Å². The van der Waals surface area contributed by atoms with Gasteiger partial charge in [0.15, 0.2) is 0 Å². The number of rotatable bonds is 6. The lowest BCUT2D eigenvalue weighted by atomic mass is 9.82. The summed E-state index contributed by atoms with van der Waals surface area (Å²) >= 11 is 0. The molecule has 0 fully saturated rings. The maximum absolute atomic E-state index is 5.47. The zero-order chi connectivity index (χ0) is 20.4. The molecule has 0 atom stereocenters. The van der Waals surface area contributed by atoms with Gasteiger partial charge < -0.3 is 10.1 Å². The fourth-order valence-corrected chi connectivity index (χ4v) is 3.92. The topological polar surface area (TPSA) is 38.6 Å². The predicted octanol–water partition coefficient (Wildman–Crippen LogP) is 6.14. The molecule has 0 saturated carbocycles. The van der Waals surface area contributed by atoms with Gasteiger partial charge in [0, 0.05) is 17.3 Å². The highest BCUT2D eigenvalue weighted by Gasteiger charge is 2.27.